The maximum Gasteiger partial charge on any atom is 0.339 e. The fraction of sp³-hybridized carbons (Fsp3) is 0.386. The van der Waals surface area contributed by atoms with E-state index in [0.717, 1.165) is 18.2 Å². The fourth-order valence-electron chi connectivity index (χ4n) is 7.74. The van der Waals surface area contributed by atoms with Crippen molar-refractivity contribution in [3.63, 3.8) is 0 Å². The Balaban J connectivity index is 1.66. The van der Waals surface area contributed by atoms with E-state index >= 15 is 0 Å². The van der Waals surface area contributed by atoms with Gasteiger partial charge in [0.2, 0.25) is 35.4 Å². The normalized spacial score (nSPS) is 12.4. The second kappa shape index (κ2) is 38.7. The molecule has 0 spiro atoms. The number of ether oxygens (including phenoxy) is 4. The summed E-state index contributed by atoms with van der Waals surface area (Å²) in [5.41, 5.74) is 5.10. The van der Waals surface area contributed by atoms with Crippen molar-refractivity contribution < 1.29 is 122 Å². The molecule has 7 amide bonds. The third-order valence-electron chi connectivity index (χ3n) is 12.2. The van der Waals surface area contributed by atoms with Crippen LogP contribution >= 0.6 is 0 Å². The van der Waals surface area contributed by atoms with Crippen molar-refractivity contribution in [3.05, 3.63) is 93.5 Å². The highest BCUT2D eigenvalue weighted by molar-refractivity contribution is 6.03. The van der Waals surface area contributed by atoms with Crippen LogP contribution < -0.4 is 37.6 Å². The Kier molecular flexibility index (Phi) is 31.7. The minimum atomic E-state index is -1.68. The number of carbonyl (C=O) groups excluding carboxylic acids is 7. The van der Waals surface area contributed by atoms with Gasteiger partial charge in [0.25, 0.3) is 5.91 Å². The number of hydrogen-bond donors (Lipinski definition) is 15. The summed E-state index contributed by atoms with van der Waals surface area (Å²) in [4.78, 5) is 161. The number of primary amides is 1. The summed E-state index contributed by atoms with van der Waals surface area (Å²) in [5, 5.41) is 90.8. The van der Waals surface area contributed by atoms with Crippen LogP contribution in [0.1, 0.15) is 105 Å². The number of nitrogens with two attached hydrogens (primary N) is 1. The number of nitrogens with one attached hydrogen (secondary N) is 6. The average Bonchev–Trinajstić information content (AvgIpc) is 3.40. The first-order chi connectivity index (χ1) is 42.2. The Morgan fingerprint density at radius 3 is 1.18 bits per heavy atom. The van der Waals surface area contributed by atoms with Gasteiger partial charge in [-0.15, -0.1) is 0 Å². The van der Waals surface area contributed by atoms with Crippen LogP contribution in [-0.4, -0.2) is 208 Å². The predicted molar refractivity (Wildman–Crippen MR) is 307 cm³/mol. The van der Waals surface area contributed by atoms with Gasteiger partial charge in [0.15, 0.2) is 0 Å². The van der Waals surface area contributed by atoms with Crippen molar-refractivity contribution in [3.8, 4) is 11.5 Å². The molecular formula is C57H69N7O25. The lowest BCUT2D eigenvalue weighted by Crippen LogP contribution is -2.54. The number of phenols is 2. The number of benzene rings is 3. The van der Waals surface area contributed by atoms with E-state index < -0.39 is 176 Å². The van der Waals surface area contributed by atoms with Crippen LogP contribution in [0.25, 0.3) is 24.3 Å². The first-order valence-corrected chi connectivity index (χ1v) is 27.1. The molecule has 0 aliphatic carbocycles. The predicted octanol–water partition coefficient (Wildman–Crippen LogP) is -0.369. The third kappa shape index (κ3) is 28.6. The molecule has 32 heteroatoms. The molecule has 3 rings (SSSR count). The molecule has 4 atom stereocenters. The minimum Gasteiger partial charge on any atom is -0.507 e. The summed E-state index contributed by atoms with van der Waals surface area (Å²) in [6.07, 6.45) is 1.39. The molecule has 0 saturated heterocycles. The zero-order chi connectivity index (χ0) is 66.0. The van der Waals surface area contributed by atoms with Crippen LogP contribution in [-0.2, 0) is 66.9 Å². The van der Waals surface area contributed by atoms with Gasteiger partial charge in [-0.25, -0.2) is 9.59 Å². The van der Waals surface area contributed by atoms with Crippen LogP contribution in [0.15, 0.2) is 54.6 Å². The highest BCUT2D eigenvalue weighted by Gasteiger charge is 2.30. The molecular weight excluding hydrogens is 1180 g/mol. The van der Waals surface area contributed by atoms with Crippen LogP contribution in [0, 0.1) is 0 Å². The molecule has 482 valence electrons. The molecule has 4 unspecified atom stereocenters. The third-order valence-corrected chi connectivity index (χ3v) is 12.2. The van der Waals surface area contributed by atoms with E-state index in [-0.39, 0.29) is 82.4 Å². The molecule has 3 aromatic carbocycles. The van der Waals surface area contributed by atoms with E-state index in [0.29, 0.717) is 11.1 Å². The van der Waals surface area contributed by atoms with Gasteiger partial charge < -0.3 is 97.4 Å². The van der Waals surface area contributed by atoms with Gasteiger partial charge in [-0.05, 0) is 78.3 Å². The minimum absolute atomic E-state index is 0.0234. The van der Waals surface area contributed by atoms with E-state index in [1.165, 1.54) is 54.6 Å². The van der Waals surface area contributed by atoms with Gasteiger partial charge in [0.05, 0.1) is 39.6 Å². The summed E-state index contributed by atoms with van der Waals surface area (Å²) in [6, 6.07) is 5.59. The molecule has 89 heavy (non-hydrogen) atoms. The summed E-state index contributed by atoms with van der Waals surface area (Å²) in [5.74, 6) is -15.6. The lowest BCUT2D eigenvalue weighted by Gasteiger charge is -2.23. The largest absolute Gasteiger partial charge is 0.507 e. The maximum absolute atomic E-state index is 14.2. The molecule has 32 nitrogen and oxygen atoms in total. The number of carbonyl (C=O) groups is 13. The Hall–Kier alpha value is -10.3. The van der Waals surface area contributed by atoms with Crippen molar-refractivity contribution in [2.75, 3.05) is 65.9 Å². The SMILES string of the molecule is NC(=O)COCCOCCNC(=O)C(CCC(=O)O)NC(=O)C(CCC(=O)O)NC(=O)COCCOCCNC(=O)C(CCC(=O)O)NC(=O)C(CCC(=O)O)NC(=O)c1cc(/C=C/c2ccc(O)c(C(=O)O)c2)ccc1/C=C/c1ccc(O)c(C(=O)O)c1. The maximum atomic E-state index is 14.2. The Morgan fingerprint density at radius 1 is 0.416 bits per heavy atom. The average molecular weight is 1250 g/mol. The zero-order valence-electron chi connectivity index (χ0n) is 47.6. The summed E-state index contributed by atoms with van der Waals surface area (Å²) in [7, 11) is 0. The standard InChI is InChI=1S/C57H69N7O25/c58-45(67)30-88-25-23-86-21-19-59-52(78)39(9-15-47(69)70)63-54(80)41(11-17-49(73)74)61-46(68)31-89-26-24-87-22-20-60-53(79)40(10-16-48(71)72)64-55(81)42(12-18-50(75)76)62-51(77)36-27-32(1-2-33-5-13-43(65)37(28-33)56(82)83)3-7-35(36)8-4-34-6-14-44(66)38(29-34)57(84)85/h1-8,13-14,27-29,39-42,65-66H,9-12,15-26,30-31H2,(H2,58,67)(H,59,78)(H,60,79)(H,61,68)(H,62,77)(H,63,80)(H,64,81)(H,69,70)(H,71,72)(H,73,74)(H,75,76)(H,82,83)(H,84,85)/b2-1+,8-4+. The molecule has 16 N–H and O–H groups in total. The van der Waals surface area contributed by atoms with E-state index in [1.54, 1.807) is 6.07 Å². The van der Waals surface area contributed by atoms with Gasteiger partial charge in [0.1, 0.15) is 60.0 Å². The van der Waals surface area contributed by atoms with Crippen molar-refractivity contribution >= 4 is 101 Å². The molecule has 0 aliphatic heterocycles. The molecule has 3 aromatic rings. The summed E-state index contributed by atoms with van der Waals surface area (Å²) >= 11 is 0. The van der Waals surface area contributed by atoms with E-state index in [1.807, 2.05) is 0 Å². The second-order valence-electron chi connectivity index (χ2n) is 19.1. The zero-order valence-corrected chi connectivity index (χ0v) is 47.6. The van der Waals surface area contributed by atoms with Gasteiger partial charge in [-0.2, -0.15) is 0 Å². The molecule has 0 bridgehead atoms. The monoisotopic (exact) mass is 1250 g/mol. The number of hydrogen-bond acceptors (Lipinski definition) is 19. The number of aliphatic carboxylic acids is 4. The molecule has 0 fully saturated rings. The number of rotatable bonds is 43. The van der Waals surface area contributed by atoms with E-state index in [4.69, 9.17) is 24.7 Å². The lowest BCUT2D eigenvalue weighted by atomic mass is 9.99. The lowest BCUT2D eigenvalue weighted by molar-refractivity contribution is -0.140. The first-order valence-electron chi connectivity index (χ1n) is 27.1. The van der Waals surface area contributed by atoms with Crippen LogP contribution in [0.5, 0.6) is 11.5 Å². The molecule has 0 radical (unpaired) electrons. The Morgan fingerprint density at radius 2 is 0.775 bits per heavy atom. The van der Waals surface area contributed by atoms with Gasteiger partial charge in [0, 0.05) is 44.3 Å². The van der Waals surface area contributed by atoms with Crippen molar-refractivity contribution in [1.29, 1.82) is 0 Å². The quantitative estimate of drug-likeness (QED) is 0.0254. The van der Waals surface area contributed by atoms with Gasteiger partial charge >= 0.3 is 35.8 Å². The number of carboxylic acids is 6. The van der Waals surface area contributed by atoms with Gasteiger partial charge in [-0.3, -0.25) is 52.7 Å². The highest BCUT2D eigenvalue weighted by atomic mass is 16.5. The Labute approximate surface area is 506 Å². The first kappa shape index (κ1) is 72.9. The Bertz CT molecular complexity index is 3090. The van der Waals surface area contributed by atoms with Crippen molar-refractivity contribution in [2.24, 2.45) is 5.73 Å². The van der Waals surface area contributed by atoms with Gasteiger partial charge in [-0.1, -0.05) is 48.6 Å². The molecule has 0 saturated carbocycles. The topological polar surface area (TPSA) is 519 Å². The van der Waals surface area contributed by atoms with E-state index in [9.17, 15) is 103 Å². The van der Waals surface area contributed by atoms with Crippen molar-refractivity contribution in [1.82, 2.24) is 31.9 Å². The van der Waals surface area contributed by atoms with Crippen LogP contribution in [0.3, 0.4) is 0 Å². The number of aromatic carboxylic acids is 2. The van der Waals surface area contributed by atoms with Crippen molar-refractivity contribution in [2.45, 2.75) is 75.5 Å². The van der Waals surface area contributed by atoms with Crippen LogP contribution in [0.2, 0.25) is 0 Å². The summed E-state index contributed by atoms with van der Waals surface area (Å²) < 4.78 is 20.9. The number of amides is 7. The summed E-state index contributed by atoms with van der Waals surface area (Å²) in [6.45, 7) is -2.00. The number of aromatic hydroxyl groups is 2. The van der Waals surface area contributed by atoms with E-state index in [2.05, 4.69) is 31.9 Å². The molecule has 0 aromatic heterocycles. The van der Waals surface area contributed by atoms with Crippen LogP contribution in [0.4, 0.5) is 0 Å². The fourth-order valence-corrected chi connectivity index (χ4v) is 7.74. The number of carboxylic acid groups (broad SMARTS) is 6. The molecule has 0 aliphatic rings. The highest BCUT2D eigenvalue weighted by Crippen LogP contribution is 2.24. The molecule has 0 heterocycles. The smallest absolute Gasteiger partial charge is 0.339 e. The second-order valence-corrected chi connectivity index (χ2v) is 19.1.